The van der Waals surface area contributed by atoms with Crippen molar-refractivity contribution in [3.05, 3.63) is 29.8 Å². The topological polar surface area (TPSA) is 55.6 Å². The predicted molar refractivity (Wildman–Crippen MR) is 83.4 cm³/mol. The van der Waals surface area contributed by atoms with E-state index in [2.05, 4.69) is 16.6 Å². The molecule has 0 heterocycles. The number of hydrogen-bond acceptors (Lipinski definition) is 4. The van der Waals surface area contributed by atoms with Gasteiger partial charge in [0.15, 0.2) is 0 Å². The third kappa shape index (κ3) is 5.02. The standard InChI is InChI=1S/C15H23ClN2O2/c1-3-9-18(10-8-16)13-6-4-12(5-7-13)11-14(17)15(19)20-2/h4-7,14H,3,8-11,17H2,1-2H3. The van der Waals surface area contributed by atoms with E-state index >= 15 is 0 Å². The van der Waals surface area contributed by atoms with E-state index in [0.29, 0.717) is 12.3 Å². The molecule has 0 radical (unpaired) electrons. The Morgan fingerprint density at radius 2 is 2.00 bits per heavy atom. The molecule has 1 unspecified atom stereocenters. The highest BCUT2D eigenvalue weighted by atomic mass is 35.5. The first-order chi connectivity index (χ1) is 9.62. The van der Waals surface area contributed by atoms with Gasteiger partial charge in [0.2, 0.25) is 0 Å². The van der Waals surface area contributed by atoms with Gasteiger partial charge in [-0.2, -0.15) is 0 Å². The Morgan fingerprint density at radius 1 is 1.35 bits per heavy atom. The van der Waals surface area contributed by atoms with Gasteiger partial charge in [-0.3, -0.25) is 4.79 Å². The number of carbonyl (C=O) groups is 1. The van der Waals surface area contributed by atoms with E-state index in [4.69, 9.17) is 17.3 Å². The summed E-state index contributed by atoms with van der Waals surface area (Å²) in [7, 11) is 1.35. The molecule has 1 rings (SSSR count). The first-order valence-corrected chi connectivity index (χ1v) is 7.39. The van der Waals surface area contributed by atoms with Crippen molar-refractivity contribution in [3.63, 3.8) is 0 Å². The van der Waals surface area contributed by atoms with Crippen LogP contribution in [-0.2, 0) is 16.0 Å². The molecular weight excluding hydrogens is 276 g/mol. The van der Waals surface area contributed by atoms with Crippen LogP contribution in [0.4, 0.5) is 5.69 Å². The number of alkyl halides is 1. The van der Waals surface area contributed by atoms with Gasteiger partial charge >= 0.3 is 5.97 Å². The zero-order valence-corrected chi connectivity index (χ0v) is 12.9. The van der Waals surface area contributed by atoms with E-state index in [1.807, 2.05) is 24.3 Å². The molecule has 20 heavy (non-hydrogen) atoms. The summed E-state index contributed by atoms with van der Waals surface area (Å²) in [5, 5.41) is 0. The highest BCUT2D eigenvalue weighted by Crippen LogP contribution is 2.16. The average molecular weight is 299 g/mol. The molecule has 0 saturated carbocycles. The zero-order valence-electron chi connectivity index (χ0n) is 12.1. The highest BCUT2D eigenvalue weighted by molar-refractivity contribution is 6.18. The van der Waals surface area contributed by atoms with Crippen LogP contribution in [0.15, 0.2) is 24.3 Å². The van der Waals surface area contributed by atoms with Gasteiger partial charge in [0, 0.05) is 24.7 Å². The first kappa shape index (κ1) is 16.8. The maximum absolute atomic E-state index is 11.3. The lowest BCUT2D eigenvalue weighted by Gasteiger charge is -2.23. The van der Waals surface area contributed by atoms with Gasteiger partial charge in [0.05, 0.1) is 7.11 Å². The fourth-order valence-electron chi connectivity index (χ4n) is 2.07. The molecular formula is C15H23ClN2O2. The monoisotopic (exact) mass is 298 g/mol. The van der Waals surface area contributed by atoms with E-state index in [1.54, 1.807) is 0 Å². The van der Waals surface area contributed by atoms with Crippen LogP contribution in [0.25, 0.3) is 0 Å². The van der Waals surface area contributed by atoms with Crippen molar-refractivity contribution < 1.29 is 9.53 Å². The van der Waals surface area contributed by atoms with Gasteiger partial charge in [0.1, 0.15) is 6.04 Å². The summed E-state index contributed by atoms with van der Waals surface area (Å²) in [5.41, 5.74) is 7.91. The van der Waals surface area contributed by atoms with E-state index in [1.165, 1.54) is 7.11 Å². The molecule has 1 aromatic carbocycles. The van der Waals surface area contributed by atoms with Gasteiger partial charge in [-0.15, -0.1) is 11.6 Å². The molecule has 1 atom stereocenters. The van der Waals surface area contributed by atoms with Crippen LogP contribution < -0.4 is 10.6 Å². The molecule has 2 N–H and O–H groups in total. The number of benzene rings is 1. The Morgan fingerprint density at radius 3 is 2.50 bits per heavy atom. The summed E-state index contributed by atoms with van der Waals surface area (Å²) >= 11 is 5.82. The molecule has 0 amide bonds. The van der Waals surface area contributed by atoms with Crippen LogP contribution in [0, 0.1) is 0 Å². The average Bonchev–Trinajstić information content (AvgIpc) is 2.47. The molecule has 0 aromatic heterocycles. The van der Waals surface area contributed by atoms with Crippen LogP contribution in [-0.4, -0.2) is 38.1 Å². The molecule has 5 heteroatoms. The predicted octanol–water partition coefficient (Wildman–Crippen LogP) is 2.18. The van der Waals surface area contributed by atoms with E-state index in [9.17, 15) is 4.79 Å². The summed E-state index contributed by atoms with van der Waals surface area (Å²) < 4.78 is 4.62. The van der Waals surface area contributed by atoms with Crippen molar-refractivity contribution in [1.29, 1.82) is 0 Å². The second-order valence-electron chi connectivity index (χ2n) is 4.68. The number of anilines is 1. The second-order valence-corrected chi connectivity index (χ2v) is 5.05. The molecule has 0 aliphatic rings. The maximum atomic E-state index is 11.3. The number of halogens is 1. The summed E-state index contributed by atoms with van der Waals surface area (Å²) in [4.78, 5) is 13.5. The van der Waals surface area contributed by atoms with E-state index in [-0.39, 0.29) is 5.97 Å². The van der Waals surface area contributed by atoms with Gasteiger partial charge in [0.25, 0.3) is 0 Å². The third-order valence-corrected chi connectivity index (χ3v) is 3.28. The largest absolute Gasteiger partial charge is 0.468 e. The SMILES string of the molecule is CCCN(CCCl)c1ccc(CC(N)C(=O)OC)cc1. The summed E-state index contributed by atoms with van der Waals surface area (Å²) in [6.07, 6.45) is 1.56. The molecule has 1 aromatic rings. The number of nitrogens with two attached hydrogens (primary N) is 1. The Kier molecular flexibility index (Phi) is 7.41. The lowest BCUT2D eigenvalue weighted by atomic mass is 10.1. The van der Waals surface area contributed by atoms with Crippen molar-refractivity contribution in [2.45, 2.75) is 25.8 Å². The minimum atomic E-state index is -0.611. The molecule has 4 nitrogen and oxygen atoms in total. The number of rotatable bonds is 8. The Balaban J connectivity index is 2.69. The lowest BCUT2D eigenvalue weighted by molar-refractivity contribution is -0.142. The van der Waals surface area contributed by atoms with Crippen molar-refractivity contribution in [3.8, 4) is 0 Å². The van der Waals surface area contributed by atoms with Crippen molar-refractivity contribution in [2.24, 2.45) is 5.73 Å². The molecule has 0 spiro atoms. The Bertz CT molecular complexity index is 403. The quantitative estimate of drug-likeness (QED) is 0.590. The van der Waals surface area contributed by atoms with Gasteiger partial charge < -0.3 is 15.4 Å². The molecule has 0 saturated heterocycles. The number of methoxy groups -OCH3 is 1. The van der Waals surface area contributed by atoms with Crippen LogP contribution in [0.3, 0.4) is 0 Å². The number of ether oxygens (including phenoxy) is 1. The van der Waals surface area contributed by atoms with Crippen molar-refractivity contribution in [1.82, 2.24) is 0 Å². The van der Waals surface area contributed by atoms with Gasteiger partial charge in [-0.05, 0) is 30.5 Å². The minimum Gasteiger partial charge on any atom is -0.468 e. The summed E-state index contributed by atoms with van der Waals surface area (Å²) in [5.74, 6) is 0.221. The molecule has 0 aliphatic carbocycles. The number of nitrogens with zero attached hydrogens (tertiary/aromatic N) is 1. The lowest BCUT2D eigenvalue weighted by Crippen LogP contribution is -2.33. The number of carbonyl (C=O) groups excluding carboxylic acids is 1. The van der Waals surface area contributed by atoms with E-state index in [0.717, 1.165) is 30.8 Å². The van der Waals surface area contributed by atoms with Crippen LogP contribution in [0.5, 0.6) is 0 Å². The van der Waals surface area contributed by atoms with Gasteiger partial charge in [-0.25, -0.2) is 0 Å². The maximum Gasteiger partial charge on any atom is 0.322 e. The molecule has 112 valence electrons. The smallest absolute Gasteiger partial charge is 0.322 e. The third-order valence-electron chi connectivity index (χ3n) is 3.11. The zero-order chi connectivity index (χ0) is 15.0. The minimum absolute atomic E-state index is 0.385. The number of esters is 1. The Hall–Kier alpha value is -1.26. The fraction of sp³-hybridized carbons (Fsp3) is 0.533. The van der Waals surface area contributed by atoms with Crippen LogP contribution in [0.1, 0.15) is 18.9 Å². The van der Waals surface area contributed by atoms with E-state index < -0.39 is 6.04 Å². The van der Waals surface area contributed by atoms with Crippen molar-refractivity contribution >= 4 is 23.3 Å². The van der Waals surface area contributed by atoms with Crippen molar-refractivity contribution in [2.75, 3.05) is 31.0 Å². The molecule has 0 aliphatic heterocycles. The summed E-state index contributed by atoms with van der Waals surface area (Å²) in [6.45, 7) is 3.95. The fourth-order valence-corrected chi connectivity index (χ4v) is 2.28. The second kappa shape index (κ2) is 8.82. The van der Waals surface area contributed by atoms with Crippen LogP contribution >= 0.6 is 11.6 Å². The molecule has 0 fully saturated rings. The summed E-state index contributed by atoms with van der Waals surface area (Å²) in [6, 6.07) is 7.47. The normalized spacial score (nSPS) is 12.0. The Labute approximate surface area is 125 Å². The highest BCUT2D eigenvalue weighted by Gasteiger charge is 2.14. The number of hydrogen-bond donors (Lipinski definition) is 1. The molecule has 0 bridgehead atoms. The van der Waals surface area contributed by atoms with Gasteiger partial charge in [-0.1, -0.05) is 19.1 Å². The van der Waals surface area contributed by atoms with Crippen LogP contribution in [0.2, 0.25) is 0 Å². The first-order valence-electron chi connectivity index (χ1n) is 6.85.